The van der Waals surface area contributed by atoms with E-state index < -0.39 is 0 Å². The van der Waals surface area contributed by atoms with Gasteiger partial charge in [-0.3, -0.25) is 4.90 Å². The third-order valence-corrected chi connectivity index (χ3v) is 5.91. The molecule has 4 rings (SSSR count). The highest BCUT2D eigenvalue weighted by Crippen LogP contribution is 2.32. The molecule has 0 aromatic heterocycles. The van der Waals surface area contributed by atoms with Crippen LogP contribution in [0.5, 0.6) is 5.75 Å². The lowest BCUT2D eigenvalue weighted by Gasteiger charge is -2.35. The first kappa shape index (κ1) is 15.7. The van der Waals surface area contributed by atoms with E-state index in [1.807, 2.05) is 12.1 Å². The van der Waals surface area contributed by atoms with E-state index in [1.54, 1.807) is 18.2 Å². The van der Waals surface area contributed by atoms with Gasteiger partial charge in [-0.15, -0.1) is 0 Å². The van der Waals surface area contributed by atoms with Crippen molar-refractivity contribution in [2.45, 2.75) is 51.1 Å². The molecular formula is C22H27NO. The van der Waals surface area contributed by atoms with Crippen molar-refractivity contribution < 1.29 is 4.74 Å². The van der Waals surface area contributed by atoms with Gasteiger partial charge in [-0.05, 0) is 80.0 Å². The molecule has 1 aliphatic heterocycles. The predicted molar refractivity (Wildman–Crippen MR) is 99.6 cm³/mol. The quantitative estimate of drug-likeness (QED) is 0.812. The molecule has 2 nitrogen and oxygen atoms in total. The molecule has 0 spiro atoms. The summed E-state index contributed by atoms with van der Waals surface area (Å²) >= 11 is 0. The normalized spacial score (nSPS) is 23.9. The fourth-order valence-electron chi connectivity index (χ4n) is 4.48. The van der Waals surface area contributed by atoms with Crippen LogP contribution >= 0.6 is 0 Å². The summed E-state index contributed by atoms with van der Waals surface area (Å²) in [5.41, 5.74) is 5.70. The monoisotopic (exact) mass is 321 g/mol. The molecule has 2 aromatic rings. The number of hydrogen-bond donors (Lipinski definition) is 0. The highest BCUT2D eigenvalue weighted by atomic mass is 16.5. The van der Waals surface area contributed by atoms with Crippen LogP contribution in [0.1, 0.15) is 37.3 Å². The summed E-state index contributed by atoms with van der Waals surface area (Å²) < 4.78 is 5.26. The topological polar surface area (TPSA) is 12.5 Å². The zero-order chi connectivity index (χ0) is 16.5. The lowest BCUT2D eigenvalue weighted by atomic mass is 9.85. The van der Waals surface area contributed by atoms with Crippen LogP contribution in [0, 0.1) is 0 Å². The first-order valence-corrected chi connectivity index (χ1v) is 9.26. The lowest BCUT2D eigenvalue weighted by Crippen LogP contribution is -2.41. The number of likely N-dealkylation sites (tertiary alicyclic amines) is 1. The Bertz CT molecular complexity index is 706. The van der Waals surface area contributed by atoms with E-state index in [4.69, 9.17) is 4.74 Å². The third-order valence-electron chi connectivity index (χ3n) is 5.91. The summed E-state index contributed by atoms with van der Waals surface area (Å²) in [7, 11) is 1.71. The molecule has 0 radical (unpaired) electrons. The van der Waals surface area contributed by atoms with E-state index in [1.165, 1.54) is 49.8 Å². The Balaban J connectivity index is 1.54. The number of methoxy groups -OCH3 is 1. The van der Waals surface area contributed by atoms with Gasteiger partial charge in [-0.1, -0.05) is 30.3 Å². The number of hydrogen-bond acceptors (Lipinski definition) is 2. The third kappa shape index (κ3) is 2.95. The van der Waals surface area contributed by atoms with Gasteiger partial charge in [0.25, 0.3) is 0 Å². The average Bonchev–Trinajstić information content (AvgIpc) is 3.07. The smallest absolute Gasteiger partial charge is 0.118 e. The number of ether oxygens (including phenoxy) is 1. The van der Waals surface area contributed by atoms with Crippen LogP contribution < -0.4 is 4.74 Å². The van der Waals surface area contributed by atoms with Gasteiger partial charge in [0.1, 0.15) is 5.75 Å². The highest BCUT2D eigenvalue weighted by molar-refractivity contribution is 5.66. The van der Waals surface area contributed by atoms with E-state index in [0.717, 1.165) is 17.8 Å². The minimum absolute atomic E-state index is 0.752. The number of rotatable bonds is 3. The first-order valence-electron chi connectivity index (χ1n) is 9.26. The van der Waals surface area contributed by atoms with Crippen molar-refractivity contribution in [2.75, 3.05) is 13.7 Å². The Kier molecular flexibility index (Phi) is 4.32. The van der Waals surface area contributed by atoms with E-state index >= 15 is 0 Å². The van der Waals surface area contributed by atoms with Crippen molar-refractivity contribution in [2.24, 2.45) is 0 Å². The van der Waals surface area contributed by atoms with Crippen molar-refractivity contribution in [1.82, 2.24) is 4.90 Å². The fourth-order valence-corrected chi connectivity index (χ4v) is 4.48. The van der Waals surface area contributed by atoms with Crippen LogP contribution in [0.15, 0.2) is 42.5 Å². The van der Waals surface area contributed by atoms with Gasteiger partial charge < -0.3 is 4.74 Å². The van der Waals surface area contributed by atoms with E-state index in [9.17, 15) is 0 Å². The fraction of sp³-hybridized carbons (Fsp3) is 0.455. The molecule has 126 valence electrons. The second-order valence-electron chi connectivity index (χ2n) is 7.34. The number of fused-ring (bicyclic) bond motifs is 1. The van der Waals surface area contributed by atoms with Gasteiger partial charge in [-0.25, -0.2) is 0 Å². The van der Waals surface area contributed by atoms with Crippen molar-refractivity contribution in [3.8, 4) is 16.9 Å². The average molecular weight is 321 g/mol. The summed E-state index contributed by atoms with van der Waals surface area (Å²) in [4.78, 5) is 2.75. The molecule has 24 heavy (non-hydrogen) atoms. The Labute approximate surface area is 145 Å². The Morgan fingerprint density at radius 3 is 2.46 bits per heavy atom. The van der Waals surface area contributed by atoms with Crippen LogP contribution in [0.4, 0.5) is 0 Å². The van der Waals surface area contributed by atoms with E-state index in [0.29, 0.717) is 0 Å². The molecule has 2 atom stereocenters. The van der Waals surface area contributed by atoms with Gasteiger partial charge >= 0.3 is 0 Å². The molecule has 0 saturated carbocycles. The maximum atomic E-state index is 5.26. The van der Waals surface area contributed by atoms with Gasteiger partial charge in [0.15, 0.2) is 0 Å². The molecule has 0 bridgehead atoms. The van der Waals surface area contributed by atoms with Crippen molar-refractivity contribution in [3.63, 3.8) is 0 Å². The predicted octanol–water partition coefficient (Wildman–Crippen LogP) is 4.70. The molecule has 2 aromatic carbocycles. The summed E-state index contributed by atoms with van der Waals surface area (Å²) in [6, 6.07) is 17.0. The second-order valence-corrected chi connectivity index (χ2v) is 7.34. The summed E-state index contributed by atoms with van der Waals surface area (Å²) in [5, 5.41) is 0. The van der Waals surface area contributed by atoms with Crippen molar-refractivity contribution >= 4 is 0 Å². The van der Waals surface area contributed by atoms with Gasteiger partial charge in [0, 0.05) is 12.1 Å². The number of nitrogens with zero attached hydrogens (tertiary/aromatic N) is 1. The first-order chi connectivity index (χ1) is 11.7. The van der Waals surface area contributed by atoms with E-state index in [-0.39, 0.29) is 0 Å². The minimum atomic E-state index is 0.752. The second kappa shape index (κ2) is 6.60. The zero-order valence-electron chi connectivity index (χ0n) is 14.8. The molecule has 0 unspecified atom stereocenters. The zero-order valence-corrected chi connectivity index (χ0v) is 14.8. The summed E-state index contributed by atoms with van der Waals surface area (Å²) in [6.07, 6.45) is 6.50. The van der Waals surface area contributed by atoms with Crippen LogP contribution in [-0.2, 0) is 12.8 Å². The lowest BCUT2D eigenvalue weighted by molar-refractivity contribution is 0.174. The Morgan fingerprint density at radius 1 is 0.958 bits per heavy atom. The number of benzene rings is 2. The molecule has 1 saturated heterocycles. The molecule has 1 aliphatic carbocycles. The molecular weight excluding hydrogens is 294 g/mol. The molecule has 1 fully saturated rings. The molecule has 0 amide bonds. The number of aryl methyl sites for hydroxylation is 1. The Hall–Kier alpha value is -1.80. The summed E-state index contributed by atoms with van der Waals surface area (Å²) in [6.45, 7) is 3.69. The molecule has 2 aliphatic rings. The van der Waals surface area contributed by atoms with Gasteiger partial charge in [0.05, 0.1) is 7.11 Å². The highest BCUT2D eigenvalue weighted by Gasteiger charge is 2.30. The van der Waals surface area contributed by atoms with E-state index in [2.05, 4.69) is 42.2 Å². The Morgan fingerprint density at radius 2 is 1.75 bits per heavy atom. The molecule has 0 N–H and O–H groups in total. The largest absolute Gasteiger partial charge is 0.497 e. The van der Waals surface area contributed by atoms with Crippen LogP contribution in [0.25, 0.3) is 11.1 Å². The van der Waals surface area contributed by atoms with Crippen LogP contribution in [-0.4, -0.2) is 30.6 Å². The SMILES string of the molecule is COc1ccc(-c2ccc3c(c2)CC[C@@H](N2CCC[C@@H]2C)C3)cc1. The maximum Gasteiger partial charge on any atom is 0.118 e. The standard InChI is InChI=1S/C22H27NO/c1-16-4-3-13-23(16)21-10-7-19-14-18(5-6-20(19)15-21)17-8-11-22(24-2)12-9-17/h5-6,8-9,11-12,14,16,21H,3-4,7,10,13,15H2,1-2H3/t16-,21+/m0/s1. The van der Waals surface area contributed by atoms with Crippen molar-refractivity contribution in [1.29, 1.82) is 0 Å². The molecule has 2 heteroatoms. The van der Waals surface area contributed by atoms with Gasteiger partial charge in [-0.2, -0.15) is 0 Å². The summed E-state index contributed by atoms with van der Waals surface area (Å²) in [5.74, 6) is 0.916. The molecule has 1 heterocycles. The minimum Gasteiger partial charge on any atom is -0.497 e. The van der Waals surface area contributed by atoms with Gasteiger partial charge in [0.2, 0.25) is 0 Å². The van der Waals surface area contributed by atoms with Crippen LogP contribution in [0.3, 0.4) is 0 Å². The maximum absolute atomic E-state index is 5.26. The van der Waals surface area contributed by atoms with Crippen molar-refractivity contribution in [3.05, 3.63) is 53.6 Å². The van der Waals surface area contributed by atoms with Crippen LogP contribution in [0.2, 0.25) is 0 Å².